The van der Waals surface area contributed by atoms with E-state index in [1.54, 1.807) is 30.3 Å². The minimum absolute atomic E-state index is 0.0786. The summed E-state index contributed by atoms with van der Waals surface area (Å²) >= 11 is 0. The van der Waals surface area contributed by atoms with Crippen LogP contribution in [0.4, 0.5) is 11.4 Å². The first-order valence-electron chi connectivity index (χ1n) is 5.04. The molecular weight excluding hydrogens is 218 g/mol. The lowest BCUT2D eigenvalue weighted by molar-refractivity contribution is 0.112. The average Bonchev–Trinajstić information content (AvgIpc) is 2.29. The highest BCUT2D eigenvalue weighted by Gasteiger charge is 2.06. The molecule has 17 heavy (non-hydrogen) atoms. The number of hydrogen-bond donors (Lipinski definition) is 3. The van der Waals surface area contributed by atoms with Crippen LogP contribution in [0.25, 0.3) is 0 Å². The Hall–Kier alpha value is -2.49. The summed E-state index contributed by atoms with van der Waals surface area (Å²) in [6, 6.07) is 11.3. The van der Waals surface area contributed by atoms with Gasteiger partial charge in [0.2, 0.25) is 0 Å². The van der Waals surface area contributed by atoms with Gasteiger partial charge in [-0.2, -0.15) is 0 Å². The molecule has 0 aliphatic heterocycles. The molecular formula is C13H11NO3. The van der Waals surface area contributed by atoms with Crippen molar-refractivity contribution in [3.05, 3.63) is 48.0 Å². The molecule has 86 valence electrons. The van der Waals surface area contributed by atoms with Crippen LogP contribution in [0.2, 0.25) is 0 Å². The monoisotopic (exact) mass is 229 g/mol. The zero-order valence-electron chi connectivity index (χ0n) is 8.92. The molecule has 4 nitrogen and oxygen atoms in total. The van der Waals surface area contributed by atoms with E-state index in [-0.39, 0.29) is 17.1 Å². The van der Waals surface area contributed by atoms with E-state index in [1.165, 1.54) is 12.1 Å². The normalized spacial score (nSPS) is 9.88. The summed E-state index contributed by atoms with van der Waals surface area (Å²) in [6.07, 6.45) is 0.584. The molecule has 4 heteroatoms. The topological polar surface area (TPSA) is 69.6 Å². The van der Waals surface area contributed by atoms with Crippen LogP contribution in [-0.4, -0.2) is 16.5 Å². The average molecular weight is 229 g/mol. The standard InChI is InChI=1S/C13H11NO3/c15-8-11-12(5-2-6-13(11)17)14-9-3-1-4-10(16)7-9/h1-8,14,16-17H. The van der Waals surface area contributed by atoms with Crippen LogP contribution in [0.15, 0.2) is 42.5 Å². The lowest BCUT2D eigenvalue weighted by Crippen LogP contribution is -1.95. The number of carbonyl (C=O) groups is 1. The summed E-state index contributed by atoms with van der Waals surface area (Å²) in [5.74, 6) is 0.0490. The Morgan fingerprint density at radius 2 is 1.82 bits per heavy atom. The van der Waals surface area contributed by atoms with Crippen LogP contribution >= 0.6 is 0 Å². The fourth-order valence-corrected chi connectivity index (χ4v) is 1.53. The van der Waals surface area contributed by atoms with Crippen LogP contribution in [0.1, 0.15) is 10.4 Å². The summed E-state index contributed by atoms with van der Waals surface area (Å²) in [5.41, 5.74) is 1.32. The van der Waals surface area contributed by atoms with Gasteiger partial charge in [0.05, 0.1) is 11.3 Å². The molecule has 0 unspecified atom stereocenters. The number of hydrogen-bond acceptors (Lipinski definition) is 4. The van der Waals surface area contributed by atoms with Gasteiger partial charge in [-0.05, 0) is 24.3 Å². The molecule has 0 saturated carbocycles. The lowest BCUT2D eigenvalue weighted by Gasteiger charge is -2.09. The molecule has 0 aliphatic carbocycles. The Morgan fingerprint density at radius 3 is 2.53 bits per heavy atom. The molecule has 2 aromatic carbocycles. The van der Waals surface area contributed by atoms with Crippen LogP contribution in [0.5, 0.6) is 11.5 Å². The fourth-order valence-electron chi connectivity index (χ4n) is 1.53. The molecule has 0 aromatic heterocycles. The number of nitrogens with one attached hydrogen (secondary N) is 1. The van der Waals surface area contributed by atoms with Gasteiger partial charge in [0, 0.05) is 11.8 Å². The van der Waals surface area contributed by atoms with Crippen molar-refractivity contribution in [3.63, 3.8) is 0 Å². The van der Waals surface area contributed by atoms with Crippen molar-refractivity contribution < 1.29 is 15.0 Å². The Kier molecular flexibility index (Phi) is 2.96. The third kappa shape index (κ3) is 2.36. The summed E-state index contributed by atoms with van der Waals surface area (Å²) in [6.45, 7) is 0. The molecule has 0 spiro atoms. The Bertz CT molecular complexity index is 552. The molecule has 0 amide bonds. The molecule has 3 N–H and O–H groups in total. The number of rotatable bonds is 3. The van der Waals surface area contributed by atoms with E-state index in [0.29, 0.717) is 17.7 Å². The predicted molar refractivity (Wildman–Crippen MR) is 64.9 cm³/mol. The number of phenols is 2. The van der Waals surface area contributed by atoms with Gasteiger partial charge in [0.1, 0.15) is 11.5 Å². The van der Waals surface area contributed by atoms with Crippen LogP contribution in [-0.2, 0) is 0 Å². The van der Waals surface area contributed by atoms with Gasteiger partial charge in [0.15, 0.2) is 6.29 Å². The molecule has 0 bridgehead atoms. The van der Waals surface area contributed by atoms with Gasteiger partial charge in [-0.15, -0.1) is 0 Å². The Labute approximate surface area is 98.2 Å². The van der Waals surface area contributed by atoms with Crippen molar-refractivity contribution in [2.24, 2.45) is 0 Å². The van der Waals surface area contributed by atoms with E-state index >= 15 is 0 Å². The lowest BCUT2D eigenvalue weighted by atomic mass is 10.1. The number of benzene rings is 2. The second-order valence-electron chi connectivity index (χ2n) is 3.53. The van der Waals surface area contributed by atoms with Gasteiger partial charge in [-0.3, -0.25) is 4.79 Å². The van der Waals surface area contributed by atoms with Crippen molar-refractivity contribution in [2.75, 3.05) is 5.32 Å². The number of aldehydes is 1. The second-order valence-corrected chi connectivity index (χ2v) is 3.53. The highest BCUT2D eigenvalue weighted by atomic mass is 16.3. The van der Waals surface area contributed by atoms with E-state index < -0.39 is 0 Å². The Morgan fingerprint density at radius 1 is 1.06 bits per heavy atom. The van der Waals surface area contributed by atoms with Gasteiger partial charge in [-0.25, -0.2) is 0 Å². The molecule has 2 rings (SSSR count). The predicted octanol–water partition coefficient (Wildman–Crippen LogP) is 2.65. The largest absolute Gasteiger partial charge is 0.508 e. The minimum Gasteiger partial charge on any atom is -0.508 e. The smallest absolute Gasteiger partial charge is 0.155 e. The first kappa shape index (κ1) is 11.0. The van der Waals surface area contributed by atoms with E-state index in [2.05, 4.69) is 5.32 Å². The minimum atomic E-state index is -0.0786. The maximum atomic E-state index is 10.9. The number of phenolic OH excluding ortho intramolecular Hbond substituents is 2. The maximum absolute atomic E-state index is 10.9. The maximum Gasteiger partial charge on any atom is 0.155 e. The number of carbonyl (C=O) groups excluding carboxylic acids is 1. The summed E-state index contributed by atoms with van der Waals surface area (Å²) in [7, 11) is 0. The molecule has 0 saturated heterocycles. The van der Waals surface area contributed by atoms with Gasteiger partial charge in [-0.1, -0.05) is 12.1 Å². The quantitative estimate of drug-likeness (QED) is 0.708. The van der Waals surface area contributed by atoms with Crippen LogP contribution in [0, 0.1) is 0 Å². The first-order valence-corrected chi connectivity index (χ1v) is 5.04. The first-order chi connectivity index (χ1) is 8.20. The summed E-state index contributed by atoms with van der Waals surface area (Å²) < 4.78 is 0. The van der Waals surface area contributed by atoms with Gasteiger partial charge in [0.25, 0.3) is 0 Å². The van der Waals surface area contributed by atoms with Crippen LogP contribution < -0.4 is 5.32 Å². The van der Waals surface area contributed by atoms with E-state index in [4.69, 9.17) is 0 Å². The van der Waals surface area contributed by atoms with Crippen molar-refractivity contribution in [1.82, 2.24) is 0 Å². The van der Waals surface area contributed by atoms with Crippen molar-refractivity contribution in [2.45, 2.75) is 0 Å². The van der Waals surface area contributed by atoms with E-state index in [1.807, 2.05) is 0 Å². The number of anilines is 2. The highest BCUT2D eigenvalue weighted by Crippen LogP contribution is 2.27. The molecule has 0 fully saturated rings. The van der Waals surface area contributed by atoms with Gasteiger partial charge < -0.3 is 15.5 Å². The third-order valence-electron chi connectivity index (χ3n) is 2.33. The van der Waals surface area contributed by atoms with Gasteiger partial charge >= 0.3 is 0 Å². The van der Waals surface area contributed by atoms with E-state index in [0.717, 1.165) is 0 Å². The summed E-state index contributed by atoms with van der Waals surface area (Å²) in [5, 5.41) is 21.8. The fraction of sp³-hybridized carbons (Fsp3) is 0. The van der Waals surface area contributed by atoms with Crippen LogP contribution in [0.3, 0.4) is 0 Å². The van der Waals surface area contributed by atoms with Crippen molar-refractivity contribution >= 4 is 17.7 Å². The molecule has 2 aromatic rings. The zero-order valence-corrected chi connectivity index (χ0v) is 8.92. The van der Waals surface area contributed by atoms with Crippen molar-refractivity contribution in [3.8, 4) is 11.5 Å². The molecule has 0 heterocycles. The van der Waals surface area contributed by atoms with Crippen molar-refractivity contribution in [1.29, 1.82) is 0 Å². The van der Waals surface area contributed by atoms with E-state index in [9.17, 15) is 15.0 Å². The molecule has 0 atom stereocenters. The molecule has 0 radical (unpaired) electrons. The second kappa shape index (κ2) is 4.57. The third-order valence-corrected chi connectivity index (χ3v) is 2.33. The Balaban J connectivity index is 2.36. The SMILES string of the molecule is O=Cc1c(O)cccc1Nc1cccc(O)c1. The zero-order chi connectivity index (χ0) is 12.3. The number of aromatic hydroxyl groups is 2. The molecule has 0 aliphatic rings. The highest BCUT2D eigenvalue weighted by molar-refractivity contribution is 5.89. The summed E-state index contributed by atoms with van der Waals surface area (Å²) in [4.78, 5) is 10.9.